The van der Waals surface area contributed by atoms with Gasteiger partial charge in [-0.05, 0) is 44.2 Å². The van der Waals surface area contributed by atoms with Crippen LogP contribution in [0.1, 0.15) is 36.2 Å². The largest absolute Gasteiger partial charge is 0.339 e. The maximum Gasteiger partial charge on any atom is 0.227 e. The Morgan fingerprint density at radius 2 is 2.26 bits per heavy atom. The number of carbonyl (C=O) groups excluding carboxylic acids is 1. The molecule has 5 nitrogen and oxygen atoms in total. The lowest BCUT2D eigenvalue weighted by Crippen LogP contribution is -2.34. The van der Waals surface area contributed by atoms with E-state index in [1.54, 1.807) is 0 Å². The van der Waals surface area contributed by atoms with Crippen LogP contribution in [0.15, 0.2) is 0 Å². The van der Waals surface area contributed by atoms with Crippen LogP contribution in [-0.2, 0) is 24.2 Å². The van der Waals surface area contributed by atoms with E-state index in [2.05, 4.69) is 15.5 Å². The van der Waals surface area contributed by atoms with Gasteiger partial charge in [0.2, 0.25) is 5.91 Å². The van der Waals surface area contributed by atoms with Crippen LogP contribution in [0.2, 0.25) is 0 Å². The number of nitrogens with zero attached hydrogens (tertiary/aromatic N) is 2. The van der Waals surface area contributed by atoms with E-state index in [1.807, 2.05) is 11.9 Å². The van der Waals surface area contributed by atoms with Crippen molar-refractivity contribution < 1.29 is 4.79 Å². The Morgan fingerprint density at radius 1 is 1.42 bits per heavy atom. The number of fused-ring (bicyclic) bond motifs is 1. The zero-order chi connectivity index (χ0) is 13.2. The molecule has 1 aromatic rings. The summed E-state index contributed by atoms with van der Waals surface area (Å²) < 4.78 is 0. The second-order valence-electron chi connectivity index (χ2n) is 5.72. The number of aromatic amines is 1. The summed E-state index contributed by atoms with van der Waals surface area (Å²) in [5, 5.41) is 10.8. The summed E-state index contributed by atoms with van der Waals surface area (Å²) >= 11 is 0. The molecule has 19 heavy (non-hydrogen) atoms. The summed E-state index contributed by atoms with van der Waals surface area (Å²) in [5.41, 5.74) is 3.71. The third-order valence-electron chi connectivity index (χ3n) is 4.31. The Bertz CT molecular complexity index is 462. The molecule has 2 aliphatic rings. The van der Waals surface area contributed by atoms with E-state index in [1.165, 1.54) is 24.1 Å². The van der Waals surface area contributed by atoms with E-state index in [-0.39, 0.29) is 11.8 Å². The molecule has 104 valence electrons. The van der Waals surface area contributed by atoms with Crippen molar-refractivity contribution in [1.82, 2.24) is 20.4 Å². The highest BCUT2D eigenvalue weighted by molar-refractivity contribution is 5.79. The van der Waals surface area contributed by atoms with E-state index < -0.39 is 0 Å². The predicted molar refractivity (Wildman–Crippen MR) is 72.7 cm³/mol. The molecule has 0 saturated carbocycles. The second-order valence-corrected chi connectivity index (χ2v) is 5.72. The average Bonchev–Trinajstić information content (AvgIpc) is 3.08. The van der Waals surface area contributed by atoms with Crippen molar-refractivity contribution in [2.75, 3.05) is 20.1 Å². The van der Waals surface area contributed by atoms with Crippen molar-refractivity contribution >= 4 is 5.91 Å². The molecule has 1 amide bonds. The number of hydrogen-bond acceptors (Lipinski definition) is 3. The van der Waals surface area contributed by atoms with Crippen molar-refractivity contribution in [3.8, 4) is 0 Å². The Hall–Kier alpha value is -1.36. The molecule has 1 aliphatic heterocycles. The van der Waals surface area contributed by atoms with E-state index >= 15 is 0 Å². The maximum atomic E-state index is 12.3. The number of nitrogens with one attached hydrogen (secondary N) is 2. The molecule has 3 rings (SSSR count). The van der Waals surface area contributed by atoms with Gasteiger partial charge < -0.3 is 10.2 Å². The number of aryl methyl sites for hydroxylation is 1. The number of H-pyrrole nitrogens is 1. The fourth-order valence-corrected chi connectivity index (χ4v) is 3.16. The first-order valence-corrected chi connectivity index (χ1v) is 7.26. The van der Waals surface area contributed by atoms with E-state index in [0.717, 1.165) is 38.0 Å². The number of carbonyl (C=O) groups is 1. The number of hydrogen-bond donors (Lipinski definition) is 2. The van der Waals surface area contributed by atoms with Crippen molar-refractivity contribution in [1.29, 1.82) is 0 Å². The van der Waals surface area contributed by atoms with Gasteiger partial charge in [0.05, 0.1) is 18.2 Å². The van der Waals surface area contributed by atoms with Gasteiger partial charge in [-0.1, -0.05) is 0 Å². The Morgan fingerprint density at radius 3 is 3.05 bits per heavy atom. The molecule has 5 heteroatoms. The summed E-state index contributed by atoms with van der Waals surface area (Å²) in [6.07, 6.45) is 5.66. The molecule has 0 unspecified atom stereocenters. The summed E-state index contributed by atoms with van der Waals surface area (Å²) in [6.45, 7) is 2.42. The number of aromatic nitrogens is 2. The molecule has 1 aromatic heterocycles. The van der Waals surface area contributed by atoms with Gasteiger partial charge >= 0.3 is 0 Å². The highest BCUT2D eigenvalue weighted by Gasteiger charge is 2.26. The molecule has 1 saturated heterocycles. The van der Waals surface area contributed by atoms with Crippen LogP contribution in [0.3, 0.4) is 0 Å². The quantitative estimate of drug-likeness (QED) is 0.849. The van der Waals surface area contributed by atoms with Crippen LogP contribution in [0.5, 0.6) is 0 Å². The highest BCUT2D eigenvalue weighted by Crippen LogP contribution is 2.23. The van der Waals surface area contributed by atoms with Crippen LogP contribution in [0.25, 0.3) is 0 Å². The van der Waals surface area contributed by atoms with Crippen LogP contribution in [0, 0.1) is 5.92 Å². The Kier molecular flexibility index (Phi) is 3.55. The molecule has 0 bridgehead atoms. The minimum atomic E-state index is 0.153. The van der Waals surface area contributed by atoms with Gasteiger partial charge in [-0.3, -0.25) is 9.89 Å². The zero-order valence-electron chi connectivity index (χ0n) is 11.5. The van der Waals surface area contributed by atoms with Crippen molar-refractivity contribution in [2.24, 2.45) is 5.92 Å². The highest BCUT2D eigenvalue weighted by atomic mass is 16.2. The van der Waals surface area contributed by atoms with E-state index in [4.69, 9.17) is 0 Å². The Labute approximate surface area is 113 Å². The van der Waals surface area contributed by atoms with Crippen LogP contribution < -0.4 is 5.32 Å². The van der Waals surface area contributed by atoms with Gasteiger partial charge in [0.15, 0.2) is 0 Å². The van der Waals surface area contributed by atoms with E-state index in [0.29, 0.717) is 6.54 Å². The fourth-order valence-electron chi connectivity index (χ4n) is 3.16. The van der Waals surface area contributed by atoms with Crippen LogP contribution in [0.4, 0.5) is 0 Å². The van der Waals surface area contributed by atoms with Gasteiger partial charge in [-0.15, -0.1) is 0 Å². The molecule has 2 heterocycles. The van der Waals surface area contributed by atoms with Crippen molar-refractivity contribution in [2.45, 2.75) is 38.6 Å². The molecule has 0 spiro atoms. The average molecular weight is 262 g/mol. The summed E-state index contributed by atoms with van der Waals surface area (Å²) in [6, 6.07) is 0. The molecule has 1 aliphatic carbocycles. The third-order valence-corrected chi connectivity index (χ3v) is 4.31. The van der Waals surface area contributed by atoms with Gasteiger partial charge in [0, 0.05) is 19.3 Å². The fraction of sp³-hybridized carbons (Fsp3) is 0.714. The SMILES string of the molecule is CN(Cc1n[nH]c2c1CCCC2)C(=O)[C@@H]1CCNC1. The minimum Gasteiger partial charge on any atom is -0.339 e. The first-order chi connectivity index (χ1) is 9.25. The second kappa shape index (κ2) is 5.33. The molecule has 1 fully saturated rings. The molecular formula is C14H22N4O. The number of rotatable bonds is 3. The molecule has 0 aromatic carbocycles. The summed E-state index contributed by atoms with van der Waals surface area (Å²) in [7, 11) is 1.89. The minimum absolute atomic E-state index is 0.153. The zero-order valence-corrected chi connectivity index (χ0v) is 11.5. The smallest absolute Gasteiger partial charge is 0.227 e. The Balaban J connectivity index is 1.67. The number of amides is 1. The third kappa shape index (κ3) is 2.52. The maximum absolute atomic E-state index is 12.3. The lowest BCUT2D eigenvalue weighted by molar-refractivity contribution is -0.134. The van der Waals surface area contributed by atoms with Gasteiger partial charge in [-0.2, -0.15) is 5.10 Å². The normalized spacial score (nSPS) is 22.3. The van der Waals surface area contributed by atoms with Gasteiger partial charge in [-0.25, -0.2) is 0 Å². The summed E-state index contributed by atoms with van der Waals surface area (Å²) in [4.78, 5) is 14.1. The monoisotopic (exact) mass is 262 g/mol. The van der Waals surface area contributed by atoms with E-state index in [9.17, 15) is 4.79 Å². The topological polar surface area (TPSA) is 61.0 Å². The van der Waals surface area contributed by atoms with Gasteiger partial charge in [0.1, 0.15) is 0 Å². The summed E-state index contributed by atoms with van der Waals surface area (Å²) in [5.74, 6) is 0.400. The predicted octanol–water partition coefficient (Wildman–Crippen LogP) is 0.856. The first kappa shape index (κ1) is 12.7. The molecule has 2 N–H and O–H groups in total. The molecule has 1 atom stereocenters. The van der Waals surface area contributed by atoms with Crippen LogP contribution >= 0.6 is 0 Å². The first-order valence-electron chi connectivity index (χ1n) is 7.26. The van der Waals surface area contributed by atoms with Gasteiger partial charge in [0.25, 0.3) is 0 Å². The standard InChI is InChI=1S/C14H22N4O/c1-18(14(19)10-6-7-15-8-10)9-13-11-4-2-3-5-12(11)16-17-13/h10,15H,2-9H2,1H3,(H,16,17)/t10-/m1/s1. The molecule has 0 radical (unpaired) electrons. The van der Waals surface area contributed by atoms with Crippen molar-refractivity contribution in [3.05, 3.63) is 17.0 Å². The molecular weight excluding hydrogens is 240 g/mol. The lowest BCUT2D eigenvalue weighted by atomic mass is 9.96. The lowest BCUT2D eigenvalue weighted by Gasteiger charge is -2.21. The van der Waals surface area contributed by atoms with Crippen LogP contribution in [-0.4, -0.2) is 41.1 Å². The van der Waals surface area contributed by atoms with Crippen molar-refractivity contribution in [3.63, 3.8) is 0 Å².